The van der Waals surface area contributed by atoms with Gasteiger partial charge in [0, 0.05) is 5.92 Å². The lowest BCUT2D eigenvalue weighted by atomic mass is 9.77. The number of aromatic hydroxyl groups is 1. The molecule has 2 unspecified atom stereocenters. The number of hydrogen-bond donors (Lipinski definition) is 1. The van der Waals surface area contributed by atoms with E-state index in [4.69, 9.17) is 0 Å². The van der Waals surface area contributed by atoms with Gasteiger partial charge in [-0.05, 0) is 48.4 Å². The summed E-state index contributed by atoms with van der Waals surface area (Å²) in [7, 11) is 0. The van der Waals surface area contributed by atoms with Gasteiger partial charge in [0.2, 0.25) is 0 Å². The second-order valence-electron chi connectivity index (χ2n) is 4.38. The molecule has 1 aliphatic rings. The molecular formula is C13H16O2. The van der Waals surface area contributed by atoms with Gasteiger partial charge in [-0.15, -0.1) is 0 Å². The lowest BCUT2D eigenvalue weighted by molar-refractivity contribution is -0.111. The topological polar surface area (TPSA) is 37.3 Å². The summed E-state index contributed by atoms with van der Waals surface area (Å²) in [6.45, 7) is 1.97. The molecule has 1 N–H and O–H groups in total. The first kappa shape index (κ1) is 10.2. The van der Waals surface area contributed by atoms with Gasteiger partial charge in [-0.3, -0.25) is 0 Å². The molecule has 1 aliphatic carbocycles. The molecule has 0 saturated heterocycles. The number of carbonyl (C=O) groups excluding carboxylic acids is 1. The largest absolute Gasteiger partial charge is 0.508 e. The fourth-order valence-corrected chi connectivity index (χ4v) is 2.48. The molecule has 0 amide bonds. The molecule has 2 nitrogen and oxygen atoms in total. The van der Waals surface area contributed by atoms with Crippen molar-refractivity contribution in [2.75, 3.05) is 0 Å². The molecule has 0 aliphatic heterocycles. The molecule has 0 bridgehead atoms. The van der Waals surface area contributed by atoms with Gasteiger partial charge in [-0.2, -0.15) is 0 Å². The Labute approximate surface area is 89.9 Å². The van der Waals surface area contributed by atoms with Crippen molar-refractivity contribution < 1.29 is 9.90 Å². The fourth-order valence-electron chi connectivity index (χ4n) is 2.48. The number of phenolic OH excluding ortho intramolecular Hbond substituents is 1. The van der Waals surface area contributed by atoms with E-state index in [1.807, 2.05) is 19.1 Å². The van der Waals surface area contributed by atoms with E-state index >= 15 is 0 Å². The van der Waals surface area contributed by atoms with Gasteiger partial charge in [0.15, 0.2) is 0 Å². The third kappa shape index (κ3) is 1.89. The second kappa shape index (κ2) is 4.05. The van der Waals surface area contributed by atoms with Crippen LogP contribution < -0.4 is 0 Å². The summed E-state index contributed by atoms with van der Waals surface area (Å²) in [5.41, 5.74) is 2.46. The normalized spacial score (nSPS) is 21.8. The standard InChI is InChI=1S/C13H16O2/c1-9(8-14)12-4-2-3-10-7-11(15)5-6-13(10)12/h5-9,12,15H,2-4H2,1H3. The van der Waals surface area contributed by atoms with Crippen molar-refractivity contribution in [2.24, 2.45) is 5.92 Å². The summed E-state index contributed by atoms with van der Waals surface area (Å²) in [4.78, 5) is 10.8. The van der Waals surface area contributed by atoms with E-state index < -0.39 is 0 Å². The molecule has 0 spiro atoms. The van der Waals surface area contributed by atoms with Gasteiger partial charge in [0.05, 0.1) is 0 Å². The van der Waals surface area contributed by atoms with E-state index in [0.29, 0.717) is 11.7 Å². The van der Waals surface area contributed by atoms with E-state index in [9.17, 15) is 9.90 Å². The summed E-state index contributed by atoms with van der Waals surface area (Å²) in [5.74, 6) is 0.744. The zero-order chi connectivity index (χ0) is 10.8. The minimum Gasteiger partial charge on any atom is -0.508 e. The van der Waals surface area contributed by atoms with E-state index in [-0.39, 0.29) is 5.92 Å². The first-order chi connectivity index (χ1) is 7.22. The molecule has 0 radical (unpaired) electrons. The molecule has 2 heteroatoms. The maximum absolute atomic E-state index is 10.8. The Hall–Kier alpha value is -1.31. The van der Waals surface area contributed by atoms with E-state index in [0.717, 1.165) is 25.5 Å². The van der Waals surface area contributed by atoms with Crippen molar-refractivity contribution in [3.63, 3.8) is 0 Å². The lowest BCUT2D eigenvalue weighted by Crippen LogP contribution is -2.17. The molecule has 1 aromatic rings. The Kier molecular flexibility index (Phi) is 2.76. The van der Waals surface area contributed by atoms with Crippen LogP contribution in [0.4, 0.5) is 0 Å². The summed E-state index contributed by atoms with van der Waals surface area (Å²) in [5, 5.41) is 9.40. The smallest absolute Gasteiger partial charge is 0.123 e. The van der Waals surface area contributed by atoms with Crippen molar-refractivity contribution in [1.82, 2.24) is 0 Å². The highest BCUT2D eigenvalue weighted by molar-refractivity contribution is 5.56. The number of phenols is 1. The number of aldehydes is 1. The van der Waals surface area contributed by atoms with Gasteiger partial charge < -0.3 is 9.90 Å². The van der Waals surface area contributed by atoms with Crippen LogP contribution in [-0.2, 0) is 11.2 Å². The van der Waals surface area contributed by atoms with Crippen molar-refractivity contribution in [3.05, 3.63) is 29.3 Å². The SMILES string of the molecule is CC(C=O)C1CCCc2cc(O)ccc21. The second-order valence-corrected chi connectivity index (χ2v) is 4.38. The number of benzene rings is 1. The Morgan fingerprint density at radius 1 is 1.53 bits per heavy atom. The molecule has 2 atom stereocenters. The van der Waals surface area contributed by atoms with Crippen molar-refractivity contribution in [3.8, 4) is 5.75 Å². The zero-order valence-corrected chi connectivity index (χ0v) is 8.94. The van der Waals surface area contributed by atoms with Crippen LogP contribution in [0.1, 0.15) is 36.8 Å². The van der Waals surface area contributed by atoms with Gasteiger partial charge in [0.1, 0.15) is 12.0 Å². The van der Waals surface area contributed by atoms with Gasteiger partial charge in [-0.25, -0.2) is 0 Å². The molecule has 1 aromatic carbocycles. The summed E-state index contributed by atoms with van der Waals surface area (Å²) >= 11 is 0. The lowest BCUT2D eigenvalue weighted by Gasteiger charge is -2.27. The van der Waals surface area contributed by atoms with Crippen LogP contribution in [0.3, 0.4) is 0 Å². The number of fused-ring (bicyclic) bond motifs is 1. The number of rotatable bonds is 2. The Morgan fingerprint density at radius 3 is 3.07 bits per heavy atom. The number of hydrogen-bond acceptors (Lipinski definition) is 2. The first-order valence-corrected chi connectivity index (χ1v) is 5.49. The summed E-state index contributed by atoms with van der Waals surface area (Å²) in [6.07, 6.45) is 4.25. The maximum atomic E-state index is 10.8. The predicted molar refractivity (Wildman–Crippen MR) is 59.0 cm³/mol. The van der Waals surface area contributed by atoms with Crippen LogP contribution in [0, 0.1) is 5.92 Å². The molecule has 0 saturated carbocycles. The molecular weight excluding hydrogens is 188 g/mol. The van der Waals surface area contributed by atoms with E-state index in [2.05, 4.69) is 0 Å². The van der Waals surface area contributed by atoms with Gasteiger partial charge in [0.25, 0.3) is 0 Å². The Balaban J connectivity index is 2.38. The van der Waals surface area contributed by atoms with Gasteiger partial charge in [-0.1, -0.05) is 13.0 Å². The van der Waals surface area contributed by atoms with Crippen molar-refractivity contribution in [2.45, 2.75) is 32.1 Å². The summed E-state index contributed by atoms with van der Waals surface area (Å²) < 4.78 is 0. The maximum Gasteiger partial charge on any atom is 0.123 e. The average molecular weight is 204 g/mol. The number of aryl methyl sites for hydroxylation is 1. The van der Waals surface area contributed by atoms with Crippen molar-refractivity contribution >= 4 is 6.29 Å². The van der Waals surface area contributed by atoms with Crippen LogP contribution in [0.2, 0.25) is 0 Å². The van der Waals surface area contributed by atoms with Crippen LogP contribution in [0.25, 0.3) is 0 Å². The molecule has 0 fully saturated rings. The molecule has 15 heavy (non-hydrogen) atoms. The third-order valence-electron chi connectivity index (χ3n) is 3.34. The molecule has 0 heterocycles. The zero-order valence-electron chi connectivity index (χ0n) is 8.94. The monoisotopic (exact) mass is 204 g/mol. The highest BCUT2D eigenvalue weighted by atomic mass is 16.3. The average Bonchev–Trinajstić information content (AvgIpc) is 2.26. The number of carbonyl (C=O) groups is 1. The van der Waals surface area contributed by atoms with Crippen molar-refractivity contribution in [1.29, 1.82) is 0 Å². The Bertz CT molecular complexity index is 371. The van der Waals surface area contributed by atoms with Crippen LogP contribution in [-0.4, -0.2) is 11.4 Å². The highest BCUT2D eigenvalue weighted by Crippen LogP contribution is 2.37. The Morgan fingerprint density at radius 2 is 2.33 bits per heavy atom. The minimum absolute atomic E-state index is 0.0774. The quantitative estimate of drug-likeness (QED) is 0.752. The molecule has 2 rings (SSSR count). The third-order valence-corrected chi connectivity index (χ3v) is 3.34. The van der Waals surface area contributed by atoms with Crippen LogP contribution in [0.5, 0.6) is 5.75 Å². The first-order valence-electron chi connectivity index (χ1n) is 5.49. The van der Waals surface area contributed by atoms with Crippen LogP contribution in [0.15, 0.2) is 18.2 Å². The minimum atomic E-state index is 0.0774. The van der Waals surface area contributed by atoms with E-state index in [1.54, 1.807) is 6.07 Å². The van der Waals surface area contributed by atoms with Crippen LogP contribution >= 0.6 is 0 Å². The summed E-state index contributed by atoms with van der Waals surface area (Å²) in [6, 6.07) is 5.52. The predicted octanol–water partition coefficient (Wildman–Crippen LogP) is 2.65. The molecule has 0 aromatic heterocycles. The highest BCUT2D eigenvalue weighted by Gasteiger charge is 2.24. The fraction of sp³-hybridized carbons (Fsp3) is 0.462. The molecule has 80 valence electrons. The van der Waals surface area contributed by atoms with Gasteiger partial charge >= 0.3 is 0 Å². The van der Waals surface area contributed by atoms with E-state index in [1.165, 1.54) is 11.1 Å².